The Morgan fingerprint density at radius 1 is 1.04 bits per heavy atom. The van der Waals surface area contributed by atoms with E-state index in [2.05, 4.69) is 15.2 Å². The Morgan fingerprint density at radius 2 is 1.78 bits per heavy atom. The molecule has 46 heavy (non-hydrogen) atoms. The number of para-hydroxylation sites is 1. The molecule has 6 rings (SSSR count). The monoisotopic (exact) mass is 643 g/mol. The lowest BCUT2D eigenvalue weighted by Crippen LogP contribution is -2.54. The highest BCUT2D eigenvalue weighted by molar-refractivity contribution is 6.30. The Morgan fingerprint density at radius 3 is 2.52 bits per heavy atom. The van der Waals surface area contributed by atoms with E-state index in [9.17, 15) is 18.8 Å². The maximum Gasteiger partial charge on any atom is 0.253 e. The summed E-state index contributed by atoms with van der Waals surface area (Å²) < 4.78 is 13.4. The summed E-state index contributed by atoms with van der Waals surface area (Å²) >= 11 is 6.38. The molecule has 3 heterocycles. The summed E-state index contributed by atoms with van der Waals surface area (Å²) in [5, 5.41) is 4.78. The normalized spacial score (nSPS) is 17.6. The molecule has 4 aromatic rings. The number of anilines is 1. The summed E-state index contributed by atoms with van der Waals surface area (Å²) in [5.41, 5.74) is 4.19. The predicted octanol–water partition coefficient (Wildman–Crippen LogP) is 5.31. The molecule has 3 amide bonds. The van der Waals surface area contributed by atoms with Crippen molar-refractivity contribution < 1.29 is 18.8 Å². The van der Waals surface area contributed by atoms with Crippen LogP contribution in [0.1, 0.15) is 34.3 Å². The highest BCUT2D eigenvalue weighted by Gasteiger charge is 2.36. The van der Waals surface area contributed by atoms with Gasteiger partial charge < -0.3 is 25.0 Å². The van der Waals surface area contributed by atoms with E-state index in [1.165, 1.54) is 24.3 Å². The topological polar surface area (TPSA) is 88.8 Å². The van der Waals surface area contributed by atoms with E-state index in [0.717, 1.165) is 40.7 Å². The van der Waals surface area contributed by atoms with Gasteiger partial charge in [-0.2, -0.15) is 0 Å². The van der Waals surface area contributed by atoms with Crippen molar-refractivity contribution in [3.8, 4) is 0 Å². The Labute approximate surface area is 273 Å². The predicted molar refractivity (Wildman–Crippen MR) is 179 cm³/mol. The number of likely N-dealkylation sites (tertiary alicyclic amines) is 1. The first-order chi connectivity index (χ1) is 22.2. The minimum Gasteiger partial charge on any atom is -0.361 e. The first-order valence-electron chi connectivity index (χ1n) is 15.8. The van der Waals surface area contributed by atoms with E-state index in [4.69, 9.17) is 11.6 Å². The fourth-order valence-corrected chi connectivity index (χ4v) is 7.07. The van der Waals surface area contributed by atoms with Crippen molar-refractivity contribution in [2.24, 2.45) is 11.8 Å². The van der Waals surface area contributed by atoms with Crippen LogP contribution in [-0.4, -0.2) is 78.8 Å². The minimum atomic E-state index is -0.799. The number of hydrogen-bond donors (Lipinski definition) is 2. The molecule has 0 radical (unpaired) electrons. The standard InChI is InChI=1S/C36H39ClFN5O3/c1-41(2)21-23-17-26-18-28(37)9-12-33(26)43(22-23)36(46)32(19-27-20-39-31-6-4-3-5-30(27)31)40-34(44)24-13-15-42(16-14-24)35(45)25-7-10-29(38)11-8-25/h3-12,18,20,23-24,32,39H,13-17,19,21-22H2,1-2H3,(H,40,44)/t23-,32-/m1/s1. The molecule has 8 nitrogen and oxygen atoms in total. The van der Waals surface area contributed by atoms with Gasteiger partial charge in [-0.1, -0.05) is 29.8 Å². The first kappa shape index (κ1) is 31.8. The SMILES string of the molecule is CN(C)C[C@H]1Cc2cc(Cl)ccc2N(C(=O)[C@@H](Cc2c[nH]c3ccccc23)NC(=O)C2CCN(C(=O)c3ccc(F)cc3)CC2)C1. The summed E-state index contributed by atoms with van der Waals surface area (Å²) in [6.45, 7) is 2.16. The van der Waals surface area contributed by atoms with Crippen LogP contribution in [0.5, 0.6) is 0 Å². The molecule has 1 fully saturated rings. The third-order valence-electron chi connectivity index (χ3n) is 9.13. The van der Waals surface area contributed by atoms with Crippen molar-refractivity contribution in [3.63, 3.8) is 0 Å². The largest absolute Gasteiger partial charge is 0.361 e. The summed E-state index contributed by atoms with van der Waals surface area (Å²) in [6, 6.07) is 18.3. The lowest BCUT2D eigenvalue weighted by molar-refractivity contribution is -0.131. The number of carbonyl (C=O) groups excluding carboxylic acids is 3. The molecule has 0 saturated carbocycles. The van der Waals surface area contributed by atoms with Crippen molar-refractivity contribution in [3.05, 3.63) is 100 Å². The van der Waals surface area contributed by atoms with Gasteiger partial charge in [0, 0.05) is 71.9 Å². The zero-order chi connectivity index (χ0) is 32.4. The number of hydrogen-bond acceptors (Lipinski definition) is 4. The molecule has 3 aromatic carbocycles. The number of halogens is 2. The van der Waals surface area contributed by atoms with E-state index in [1.54, 1.807) is 11.0 Å². The quantitative estimate of drug-likeness (QED) is 0.273. The third kappa shape index (κ3) is 6.95. The van der Waals surface area contributed by atoms with Gasteiger partial charge in [-0.05, 0) is 98.9 Å². The van der Waals surface area contributed by atoms with Gasteiger partial charge in [0.05, 0.1) is 0 Å². The maximum absolute atomic E-state index is 14.6. The first-order valence-corrected chi connectivity index (χ1v) is 16.2. The Hall–Kier alpha value is -4.21. The smallest absolute Gasteiger partial charge is 0.253 e. The van der Waals surface area contributed by atoms with Gasteiger partial charge in [-0.3, -0.25) is 14.4 Å². The van der Waals surface area contributed by atoms with Crippen LogP contribution in [0.4, 0.5) is 10.1 Å². The molecule has 240 valence electrons. The number of carbonyl (C=O) groups is 3. The van der Waals surface area contributed by atoms with Gasteiger partial charge in [0.25, 0.3) is 5.91 Å². The van der Waals surface area contributed by atoms with E-state index in [-0.39, 0.29) is 29.6 Å². The Balaban J connectivity index is 1.22. The van der Waals surface area contributed by atoms with Gasteiger partial charge in [-0.15, -0.1) is 0 Å². The van der Waals surface area contributed by atoms with Crippen molar-refractivity contribution in [2.45, 2.75) is 31.7 Å². The number of aromatic amines is 1. The number of fused-ring (bicyclic) bond motifs is 2. The Kier molecular flexibility index (Phi) is 9.42. The molecule has 0 spiro atoms. The van der Waals surface area contributed by atoms with Crippen LogP contribution in [0.2, 0.25) is 5.02 Å². The molecule has 2 aliphatic rings. The zero-order valence-electron chi connectivity index (χ0n) is 26.1. The number of benzene rings is 3. The van der Waals surface area contributed by atoms with E-state index < -0.39 is 11.9 Å². The molecule has 10 heteroatoms. The van der Waals surface area contributed by atoms with Gasteiger partial charge in [0.2, 0.25) is 11.8 Å². The fraction of sp³-hybridized carbons (Fsp3) is 0.361. The van der Waals surface area contributed by atoms with Crippen LogP contribution in [0.25, 0.3) is 10.9 Å². The molecule has 1 saturated heterocycles. The van der Waals surface area contributed by atoms with E-state index in [1.807, 2.05) is 61.6 Å². The third-order valence-corrected chi connectivity index (χ3v) is 9.36. The number of rotatable bonds is 8. The van der Waals surface area contributed by atoms with Crippen molar-refractivity contribution in [1.29, 1.82) is 0 Å². The summed E-state index contributed by atoms with van der Waals surface area (Å²) in [6.07, 6.45) is 4.00. The second-order valence-electron chi connectivity index (χ2n) is 12.8. The fourth-order valence-electron chi connectivity index (χ4n) is 6.88. The second kappa shape index (κ2) is 13.6. The van der Waals surface area contributed by atoms with Crippen molar-refractivity contribution in [2.75, 3.05) is 45.2 Å². The number of piperidine rings is 1. The highest BCUT2D eigenvalue weighted by atomic mass is 35.5. The number of amides is 3. The van der Waals surface area contributed by atoms with Crippen LogP contribution < -0.4 is 10.2 Å². The lowest BCUT2D eigenvalue weighted by Gasteiger charge is -2.38. The van der Waals surface area contributed by atoms with Gasteiger partial charge in [0.15, 0.2) is 0 Å². The molecule has 2 N–H and O–H groups in total. The molecule has 2 aliphatic heterocycles. The lowest BCUT2D eigenvalue weighted by atomic mass is 9.90. The maximum atomic E-state index is 14.6. The molecule has 0 aliphatic carbocycles. The summed E-state index contributed by atoms with van der Waals surface area (Å²) in [7, 11) is 4.05. The van der Waals surface area contributed by atoms with Crippen LogP contribution in [-0.2, 0) is 22.4 Å². The molecule has 0 bridgehead atoms. The summed E-state index contributed by atoms with van der Waals surface area (Å²) in [5.74, 6) is -1.06. The molecular formula is C36H39ClFN5O3. The van der Waals surface area contributed by atoms with Crippen molar-refractivity contribution >= 4 is 45.9 Å². The van der Waals surface area contributed by atoms with Crippen LogP contribution in [0, 0.1) is 17.7 Å². The average Bonchev–Trinajstić information content (AvgIpc) is 3.46. The zero-order valence-corrected chi connectivity index (χ0v) is 26.9. The molecular weight excluding hydrogens is 605 g/mol. The number of nitrogens with one attached hydrogen (secondary N) is 2. The van der Waals surface area contributed by atoms with Crippen LogP contribution in [0.3, 0.4) is 0 Å². The number of nitrogens with zero attached hydrogens (tertiary/aromatic N) is 3. The van der Waals surface area contributed by atoms with E-state index in [0.29, 0.717) is 49.5 Å². The summed E-state index contributed by atoms with van der Waals surface area (Å²) in [4.78, 5) is 50.3. The highest BCUT2D eigenvalue weighted by Crippen LogP contribution is 2.33. The minimum absolute atomic E-state index is 0.158. The second-order valence-corrected chi connectivity index (χ2v) is 13.2. The van der Waals surface area contributed by atoms with E-state index >= 15 is 0 Å². The van der Waals surface area contributed by atoms with Gasteiger partial charge in [0.1, 0.15) is 11.9 Å². The molecule has 2 atom stereocenters. The van der Waals surface area contributed by atoms with Gasteiger partial charge >= 0.3 is 0 Å². The molecule has 1 aromatic heterocycles. The van der Waals surface area contributed by atoms with Crippen LogP contribution >= 0.6 is 11.6 Å². The number of H-pyrrole nitrogens is 1. The average molecular weight is 644 g/mol. The number of aromatic nitrogens is 1. The Bertz CT molecular complexity index is 1730. The molecule has 0 unspecified atom stereocenters. The van der Waals surface area contributed by atoms with Crippen LogP contribution in [0.15, 0.2) is 72.9 Å². The van der Waals surface area contributed by atoms with Crippen molar-refractivity contribution in [1.82, 2.24) is 20.1 Å². The van der Waals surface area contributed by atoms with Gasteiger partial charge in [-0.25, -0.2) is 4.39 Å².